The topological polar surface area (TPSA) is 20.3 Å². The van der Waals surface area contributed by atoms with E-state index in [9.17, 15) is 4.79 Å². The predicted octanol–water partition coefficient (Wildman–Crippen LogP) is 3.83. The van der Waals surface area contributed by atoms with Gasteiger partial charge in [0, 0.05) is 23.9 Å². The lowest BCUT2D eigenvalue weighted by atomic mass is 10.0. The van der Waals surface area contributed by atoms with Crippen LogP contribution < -0.4 is 0 Å². The molecule has 2 rings (SSSR count). The second-order valence-electron chi connectivity index (χ2n) is 5.21. The molecule has 0 spiro atoms. The van der Waals surface area contributed by atoms with Crippen molar-refractivity contribution in [2.45, 2.75) is 25.5 Å². The van der Waals surface area contributed by atoms with Gasteiger partial charge in [0.15, 0.2) is 0 Å². The lowest BCUT2D eigenvalue weighted by molar-refractivity contribution is -0.130. The summed E-state index contributed by atoms with van der Waals surface area (Å²) in [6, 6.07) is 7.83. The van der Waals surface area contributed by atoms with Crippen molar-refractivity contribution in [2.24, 2.45) is 5.92 Å². The average molecular weight is 298 g/mol. The van der Waals surface area contributed by atoms with E-state index in [4.69, 9.17) is 11.6 Å². The summed E-state index contributed by atoms with van der Waals surface area (Å²) in [6.07, 6.45) is 2.39. The highest BCUT2D eigenvalue weighted by molar-refractivity contribution is 7.99. The standard InChI is InChI=1S/C15H20ClNOS/c1-12-4-3-7-17(9-12)15(18)11-19-10-13-5-2-6-14(16)8-13/h2,5-6,8,12H,3-4,7,9-11H2,1H3/t12-/m0/s1. The van der Waals surface area contributed by atoms with Gasteiger partial charge >= 0.3 is 0 Å². The molecule has 1 aliphatic rings. The summed E-state index contributed by atoms with van der Waals surface area (Å²) in [6.45, 7) is 4.08. The van der Waals surface area contributed by atoms with Gasteiger partial charge < -0.3 is 4.90 Å². The van der Waals surface area contributed by atoms with E-state index in [-0.39, 0.29) is 5.91 Å². The van der Waals surface area contributed by atoms with Crippen LogP contribution in [0.15, 0.2) is 24.3 Å². The molecule has 1 fully saturated rings. The molecule has 4 heteroatoms. The Bertz CT molecular complexity index is 438. The molecule has 1 amide bonds. The fourth-order valence-electron chi connectivity index (χ4n) is 2.39. The van der Waals surface area contributed by atoms with Crippen LogP contribution in [0.2, 0.25) is 5.02 Å². The molecule has 19 heavy (non-hydrogen) atoms. The van der Waals surface area contributed by atoms with Crippen molar-refractivity contribution < 1.29 is 4.79 Å². The summed E-state index contributed by atoms with van der Waals surface area (Å²) in [7, 11) is 0. The van der Waals surface area contributed by atoms with E-state index in [0.717, 1.165) is 30.3 Å². The lowest BCUT2D eigenvalue weighted by Crippen LogP contribution is -2.40. The molecule has 1 aliphatic heterocycles. The van der Waals surface area contributed by atoms with Crippen molar-refractivity contribution in [3.8, 4) is 0 Å². The van der Waals surface area contributed by atoms with Crippen LogP contribution in [0.25, 0.3) is 0 Å². The van der Waals surface area contributed by atoms with Gasteiger partial charge in [-0.1, -0.05) is 30.7 Å². The highest BCUT2D eigenvalue weighted by atomic mass is 35.5. The van der Waals surface area contributed by atoms with Gasteiger partial charge in [-0.3, -0.25) is 4.79 Å². The summed E-state index contributed by atoms with van der Waals surface area (Å²) in [4.78, 5) is 14.1. The van der Waals surface area contributed by atoms with Crippen molar-refractivity contribution in [3.05, 3.63) is 34.9 Å². The second-order valence-corrected chi connectivity index (χ2v) is 6.63. The molecule has 1 aromatic rings. The van der Waals surface area contributed by atoms with Crippen molar-refractivity contribution in [1.82, 2.24) is 4.90 Å². The zero-order chi connectivity index (χ0) is 13.7. The number of piperidine rings is 1. The maximum Gasteiger partial charge on any atom is 0.232 e. The van der Waals surface area contributed by atoms with Crippen LogP contribution in [-0.2, 0) is 10.5 Å². The molecule has 1 saturated heterocycles. The molecule has 0 saturated carbocycles. The summed E-state index contributed by atoms with van der Waals surface area (Å²) in [5.74, 6) is 2.34. The van der Waals surface area contributed by atoms with Gasteiger partial charge in [-0.15, -0.1) is 11.8 Å². The number of amides is 1. The minimum absolute atomic E-state index is 0.276. The van der Waals surface area contributed by atoms with Gasteiger partial charge in [0.2, 0.25) is 5.91 Å². The molecule has 0 N–H and O–H groups in total. The van der Waals surface area contributed by atoms with Gasteiger partial charge in [0.25, 0.3) is 0 Å². The molecule has 0 bridgehead atoms. The first-order valence-electron chi connectivity index (χ1n) is 6.75. The monoisotopic (exact) mass is 297 g/mol. The highest BCUT2D eigenvalue weighted by Gasteiger charge is 2.20. The van der Waals surface area contributed by atoms with E-state index < -0.39 is 0 Å². The number of nitrogens with zero attached hydrogens (tertiary/aromatic N) is 1. The van der Waals surface area contributed by atoms with Crippen LogP contribution in [0.4, 0.5) is 0 Å². The Hall–Kier alpha value is -0.670. The summed E-state index contributed by atoms with van der Waals surface area (Å²) in [5, 5.41) is 0.759. The largest absolute Gasteiger partial charge is 0.342 e. The molecule has 2 nitrogen and oxygen atoms in total. The van der Waals surface area contributed by atoms with Crippen LogP contribution >= 0.6 is 23.4 Å². The summed E-state index contributed by atoms with van der Waals surface area (Å²) in [5.41, 5.74) is 1.18. The highest BCUT2D eigenvalue weighted by Crippen LogP contribution is 2.19. The van der Waals surface area contributed by atoms with Crippen molar-refractivity contribution >= 4 is 29.3 Å². The molecule has 0 aromatic heterocycles. The van der Waals surface area contributed by atoms with Crippen LogP contribution in [0, 0.1) is 5.92 Å². The number of thioether (sulfide) groups is 1. The Morgan fingerprint density at radius 3 is 3.11 bits per heavy atom. The third kappa shape index (κ3) is 4.73. The fourth-order valence-corrected chi connectivity index (χ4v) is 3.48. The van der Waals surface area contributed by atoms with E-state index in [1.54, 1.807) is 11.8 Å². The molecule has 0 radical (unpaired) electrons. The SMILES string of the molecule is C[C@H]1CCCN(C(=O)CSCc2cccc(Cl)c2)C1. The number of likely N-dealkylation sites (tertiary alicyclic amines) is 1. The smallest absolute Gasteiger partial charge is 0.232 e. The zero-order valence-electron chi connectivity index (χ0n) is 11.3. The summed E-state index contributed by atoms with van der Waals surface area (Å²) >= 11 is 7.61. The lowest BCUT2D eigenvalue weighted by Gasteiger charge is -2.30. The molecule has 0 aliphatic carbocycles. The Morgan fingerprint density at radius 2 is 2.37 bits per heavy atom. The minimum atomic E-state index is 0.276. The Labute approximate surface area is 124 Å². The van der Waals surface area contributed by atoms with Gasteiger partial charge in [-0.2, -0.15) is 0 Å². The minimum Gasteiger partial charge on any atom is -0.342 e. The molecule has 1 aromatic carbocycles. The molecule has 1 atom stereocenters. The van der Waals surface area contributed by atoms with E-state index in [1.807, 2.05) is 29.2 Å². The molecular weight excluding hydrogens is 278 g/mol. The number of halogens is 1. The Morgan fingerprint density at radius 1 is 1.53 bits per heavy atom. The van der Waals surface area contributed by atoms with Crippen molar-refractivity contribution in [2.75, 3.05) is 18.8 Å². The van der Waals surface area contributed by atoms with Gasteiger partial charge in [-0.25, -0.2) is 0 Å². The van der Waals surface area contributed by atoms with Crippen LogP contribution in [-0.4, -0.2) is 29.6 Å². The number of carbonyl (C=O) groups is 1. The van der Waals surface area contributed by atoms with E-state index in [2.05, 4.69) is 6.92 Å². The van der Waals surface area contributed by atoms with Crippen LogP contribution in [0.5, 0.6) is 0 Å². The first kappa shape index (κ1) is 14.7. The number of rotatable bonds is 4. The van der Waals surface area contributed by atoms with Crippen molar-refractivity contribution in [1.29, 1.82) is 0 Å². The van der Waals surface area contributed by atoms with Crippen LogP contribution in [0.1, 0.15) is 25.3 Å². The van der Waals surface area contributed by atoms with E-state index in [0.29, 0.717) is 11.7 Å². The molecule has 0 unspecified atom stereocenters. The number of hydrogen-bond acceptors (Lipinski definition) is 2. The predicted molar refractivity (Wildman–Crippen MR) is 82.6 cm³/mol. The first-order valence-corrected chi connectivity index (χ1v) is 8.28. The maximum absolute atomic E-state index is 12.1. The van der Waals surface area contributed by atoms with Crippen LogP contribution in [0.3, 0.4) is 0 Å². The maximum atomic E-state index is 12.1. The molecule has 104 valence electrons. The second kappa shape index (κ2) is 7.20. The Balaban J connectivity index is 1.74. The van der Waals surface area contributed by atoms with Gasteiger partial charge in [0.05, 0.1) is 5.75 Å². The van der Waals surface area contributed by atoms with E-state index in [1.165, 1.54) is 12.0 Å². The first-order chi connectivity index (χ1) is 9.15. The third-order valence-electron chi connectivity index (χ3n) is 3.39. The molecular formula is C15H20ClNOS. The average Bonchev–Trinajstić information content (AvgIpc) is 2.38. The van der Waals surface area contributed by atoms with Gasteiger partial charge in [-0.05, 0) is 36.5 Å². The number of hydrogen-bond donors (Lipinski definition) is 0. The molecule has 1 heterocycles. The Kier molecular flexibility index (Phi) is 5.59. The van der Waals surface area contributed by atoms with Crippen molar-refractivity contribution in [3.63, 3.8) is 0 Å². The number of benzene rings is 1. The zero-order valence-corrected chi connectivity index (χ0v) is 12.8. The quantitative estimate of drug-likeness (QED) is 0.842. The fraction of sp³-hybridized carbons (Fsp3) is 0.533. The van der Waals surface area contributed by atoms with E-state index >= 15 is 0 Å². The summed E-state index contributed by atoms with van der Waals surface area (Å²) < 4.78 is 0. The normalized spacial score (nSPS) is 19.5. The number of carbonyl (C=O) groups excluding carboxylic acids is 1. The third-order valence-corrected chi connectivity index (χ3v) is 4.62. The van der Waals surface area contributed by atoms with Gasteiger partial charge in [0.1, 0.15) is 0 Å².